The van der Waals surface area contributed by atoms with E-state index in [1.54, 1.807) is 7.05 Å². The Labute approximate surface area is 155 Å². The summed E-state index contributed by atoms with van der Waals surface area (Å²) in [6.07, 6.45) is 0.862. The Morgan fingerprint density at radius 2 is 1.89 bits per heavy atom. The van der Waals surface area contributed by atoms with Crippen LogP contribution in [0, 0.1) is 13.8 Å². The molecule has 146 valence electrons. The average Bonchev–Trinajstić information content (AvgIpc) is 3.15. The van der Waals surface area contributed by atoms with E-state index < -0.39 is 17.2 Å². The van der Waals surface area contributed by atoms with E-state index in [9.17, 15) is 14.4 Å². The van der Waals surface area contributed by atoms with Crippen molar-refractivity contribution in [2.75, 3.05) is 7.11 Å². The first-order valence-electron chi connectivity index (χ1n) is 9.00. The van der Waals surface area contributed by atoms with Gasteiger partial charge >= 0.3 is 11.7 Å². The number of hydrogen-bond acceptors (Lipinski definition) is 5. The summed E-state index contributed by atoms with van der Waals surface area (Å²) in [6, 6.07) is 0.205. The Morgan fingerprint density at radius 1 is 1.22 bits per heavy atom. The van der Waals surface area contributed by atoms with Crippen molar-refractivity contribution in [3.8, 4) is 0 Å². The van der Waals surface area contributed by atoms with Gasteiger partial charge in [0.05, 0.1) is 13.5 Å². The largest absolute Gasteiger partial charge is 0.469 e. The van der Waals surface area contributed by atoms with Gasteiger partial charge in [-0.05, 0) is 27.2 Å². The smallest absolute Gasteiger partial charge is 0.332 e. The van der Waals surface area contributed by atoms with Gasteiger partial charge in [0.15, 0.2) is 11.2 Å². The van der Waals surface area contributed by atoms with Gasteiger partial charge in [0.25, 0.3) is 5.56 Å². The first kappa shape index (κ1) is 18.9. The van der Waals surface area contributed by atoms with Gasteiger partial charge in [0.1, 0.15) is 0 Å². The molecule has 0 spiro atoms. The fraction of sp³-hybridized carbons (Fsp3) is 0.556. The van der Waals surface area contributed by atoms with Gasteiger partial charge in [-0.25, -0.2) is 4.79 Å². The van der Waals surface area contributed by atoms with Gasteiger partial charge in [0, 0.05) is 31.0 Å². The van der Waals surface area contributed by atoms with Gasteiger partial charge in [-0.1, -0.05) is 6.92 Å². The molecule has 0 aliphatic rings. The maximum atomic E-state index is 13.1. The first-order valence-corrected chi connectivity index (χ1v) is 9.00. The summed E-state index contributed by atoms with van der Waals surface area (Å²) in [5.74, 6) is 0.171. The van der Waals surface area contributed by atoms with Crippen LogP contribution in [-0.4, -0.2) is 36.2 Å². The highest BCUT2D eigenvalue weighted by Crippen LogP contribution is 2.25. The normalized spacial score (nSPS) is 12.8. The van der Waals surface area contributed by atoms with Crippen LogP contribution in [0.5, 0.6) is 0 Å². The third-order valence-electron chi connectivity index (χ3n) is 5.36. The summed E-state index contributed by atoms with van der Waals surface area (Å²) in [7, 11) is 2.86. The lowest BCUT2D eigenvalue weighted by Crippen LogP contribution is -2.40. The number of methoxy groups -OCH3 is 1. The number of esters is 1. The quantitative estimate of drug-likeness (QED) is 0.627. The number of rotatable bonds is 5. The fourth-order valence-corrected chi connectivity index (χ4v) is 3.49. The highest BCUT2D eigenvalue weighted by atomic mass is 16.5. The lowest BCUT2D eigenvalue weighted by Gasteiger charge is -2.13. The van der Waals surface area contributed by atoms with E-state index in [0.717, 1.165) is 22.4 Å². The highest BCUT2D eigenvalue weighted by Gasteiger charge is 2.24. The van der Waals surface area contributed by atoms with Gasteiger partial charge in [-0.2, -0.15) is 4.98 Å². The van der Waals surface area contributed by atoms with Gasteiger partial charge < -0.3 is 9.30 Å². The van der Waals surface area contributed by atoms with Crippen molar-refractivity contribution in [1.82, 2.24) is 23.1 Å². The zero-order valence-electron chi connectivity index (χ0n) is 16.6. The molecule has 0 N–H and O–H groups in total. The minimum Gasteiger partial charge on any atom is -0.469 e. The molecule has 9 nitrogen and oxygen atoms in total. The number of hydrogen-bond donors (Lipinski definition) is 0. The van der Waals surface area contributed by atoms with Crippen molar-refractivity contribution in [2.45, 2.75) is 53.1 Å². The van der Waals surface area contributed by atoms with E-state index in [4.69, 9.17) is 0 Å². The summed E-state index contributed by atoms with van der Waals surface area (Å²) in [6.45, 7) is 8.09. The molecule has 3 rings (SSSR count). The Kier molecular flexibility index (Phi) is 4.71. The molecule has 0 unspecified atom stereocenters. The van der Waals surface area contributed by atoms with Crippen molar-refractivity contribution in [1.29, 1.82) is 0 Å². The monoisotopic (exact) mass is 375 g/mol. The number of nitrogens with zero attached hydrogens (tertiary/aromatic N) is 5. The molecule has 3 aromatic heterocycles. The van der Waals surface area contributed by atoms with E-state index in [2.05, 4.69) is 28.1 Å². The second kappa shape index (κ2) is 6.71. The summed E-state index contributed by atoms with van der Waals surface area (Å²) in [4.78, 5) is 41.8. The zero-order valence-corrected chi connectivity index (χ0v) is 16.6. The lowest BCUT2D eigenvalue weighted by molar-refractivity contribution is -0.140. The molecule has 3 aromatic rings. The maximum absolute atomic E-state index is 13.1. The van der Waals surface area contributed by atoms with E-state index in [1.165, 1.54) is 11.7 Å². The number of ether oxygens (including phenoxy) is 1. The SMILES string of the molecule is CC[C@@H](C)n1c(C)c(C)n2c3c(=O)n(CCC(=O)OC)c(=O)n(C)c3nc12. The molecule has 0 saturated carbocycles. The van der Waals surface area contributed by atoms with Gasteiger partial charge in [-0.3, -0.25) is 23.1 Å². The average molecular weight is 375 g/mol. The van der Waals surface area contributed by atoms with E-state index in [1.807, 2.05) is 18.2 Å². The lowest BCUT2D eigenvalue weighted by atomic mass is 10.2. The Morgan fingerprint density at radius 3 is 2.48 bits per heavy atom. The van der Waals surface area contributed by atoms with Crippen molar-refractivity contribution < 1.29 is 9.53 Å². The minimum atomic E-state index is -0.498. The van der Waals surface area contributed by atoms with Gasteiger partial charge in [-0.15, -0.1) is 0 Å². The van der Waals surface area contributed by atoms with Crippen LogP contribution in [0.15, 0.2) is 9.59 Å². The highest BCUT2D eigenvalue weighted by molar-refractivity contribution is 5.76. The van der Waals surface area contributed by atoms with Crippen molar-refractivity contribution in [3.63, 3.8) is 0 Å². The summed E-state index contributed by atoms with van der Waals surface area (Å²) < 4.78 is 11.0. The molecule has 9 heteroatoms. The van der Waals surface area contributed by atoms with Crippen LogP contribution in [-0.2, 0) is 23.1 Å². The number of imidazole rings is 2. The standard InChI is InChI=1S/C18H25N5O4/c1-7-10(2)22-11(3)12(4)23-14-15(19-17(22)23)20(5)18(26)21(16(14)25)9-8-13(24)27-6/h10H,7-9H2,1-6H3/t10-/m1/s1. The molecule has 27 heavy (non-hydrogen) atoms. The molecule has 0 aromatic carbocycles. The zero-order chi connectivity index (χ0) is 20.0. The van der Waals surface area contributed by atoms with E-state index in [0.29, 0.717) is 16.9 Å². The minimum absolute atomic E-state index is 0.0363. The van der Waals surface area contributed by atoms with Crippen LogP contribution in [0.4, 0.5) is 0 Å². The molecule has 0 bridgehead atoms. The number of carbonyl (C=O) groups is 1. The molecule has 0 aliphatic carbocycles. The molecule has 0 aliphatic heterocycles. The van der Waals surface area contributed by atoms with Crippen LogP contribution in [0.25, 0.3) is 16.9 Å². The Hall–Kier alpha value is -2.84. The second-order valence-corrected chi connectivity index (χ2v) is 6.84. The van der Waals surface area contributed by atoms with Crippen molar-refractivity contribution in [3.05, 3.63) is 32.2 Å². The van der Waals surface area contributed by atoms with E-state index in [-0.39, 0.29) is 19.0 Å². The third kappa shape index (κ3) is 2.68. The summed E-state index contributed by atoms with van der Waals surface area (Å²) in [5, 5.41) is 0. The van der Waals surface area contributed by atoms with Gasteiger partial charge in [0.2, 0.25) is 5.78 Å². The Bertz CT molecular complexity index is 1160. The van der Waals surface area contributed by atoms with Crippen LogP contribution >= 0.6 is 0 Å². The number of fused-ring (bicyclic) bond motifs is 3. The fourth-order valence-electron chi connectivity index (χ4n) is 3.49. The summed E-state index contributed by atoms with van der Waals surface area (Å²) in [5.41, 5.74) is 1.68. The number of aromatic nitrogens is 5. The molecule has 0 fully saturated rings. The number of carbonyl (C=O) groups excluding carboxylic acids is 1. The Balaban J connectivity index is 2.38. The molecule has 3 heterocycles. The predicted octanol–water partition coefficient (Wildman–Crippen LogP) is 1.30. The topological polar surface area (TPSA) is 92.5 Å². The van der Waals surface area contributed by atoms with E-state index >= 15 is 0 Å². The van der Waals surface area contributed by atoms with Crippen molar-refractivity contribution in [2.24, 2.45) is 7.05 Å². The maximum Gasteiger partial charge on any atom is 0.332 e. The van der Waals surface area contributed by atoms with Crippen LogP contribution in [0.3, 0.4) is 0 Å². The molecule has 0 radical (unpaired) electrons. The molecule has 1 atom stereocenters. The van der Waals surface area contributed by atoms with Crippen LogP contribution in [0.2, 0.25) is 0 Å². The molecular formula is C18H25N5O4. The third-order valence-corrected chi connectivity index (χ3v) is 5.36. The van der Waals surface area contributed by atoms with Crippen molar-refractivity contribution >= 4 is 22.9 Å². The number of aryl methyl sites for hydroxylation is 2. The van der Waals surface area contributed by atoms with Crippen LogP contribution in [0.1, 0.15) is 44.1 Å². The second-order valence-electron chi connectivity index (χ2n) is 6.84. The molecule has 0 saturated heterocycles. The predicted molar refractivity (Wildman–Crippen MR) is 101 cm³/mol. The molecular weight excluding hydrogens is 350 g/mol. The van der Waals surface area contributed by atoms with Crippen LogP contribution < -0.4 is 11.2 Å². The molecule has 0 amide bonds. The summed E-state index contributed by atoms with van der Waals surface area (Å²) >= 11 is 0. The first-order chi connectivity index (χ1) is 12.7.